The number of H-pyrrole nitrogens is 1. The van der Waals surface area contributed by atoms with Gasteiger partial charge in [-0.25, -0.2) is 0 Å². The van der Waals surface area contributed by atoms with E-state index in [4.69, 9.17) is 0 Å². The molecule has 0 unspecified atom stereocenters. The molecule has 2 N–H and O–H groups in total. The van der Waals surface area contributed by atoms with Gasteiger partial charge >= 0.3 is 6.18 Å². The molecule has 1 aromatic carbocycles. The van der Waals surface area contributed by atoms with Crippen molar-refractivity contribution in [3.63, 3.8) is 0 Å². The topological polar surface area (TPSA) is 54.1 Å². The highest BCUT2D eigenvalue weighted by molar-refractivity contribution is 5.98. The predicted molar refractivity (Wildman–Crippen MR) is 77.0 cm³/mol. The summed E-state index contributed by atoms with van der Waals surface area (Å²) in [4.78, 5) is 15.0. The minimum atomic E-state index is -4.35. The third-order valence-electron chi connectivity index (χ3n) is 3.13. The molecule has 1 aromatic heterocycles. The van der Waals surface area contributed by atoms with E-state index in [1.54, 1.807) is 6.07 Å². The summed E-state index contributed by atoms with van der Waals surface area (Å²) in [6.07, 6.45) is -4.35. The lowest BCUT2D eigenvalue weighted by Crippen LogP contribution is -2.29. The van der Waals surface area contributed by atoms with Gasteiger partial charge < -0.3 is 15.0 Å². The number of halogens is 3. The molecule has 0 spiro atoms. The number of ether oxygens (including phenoxy) is 1. The van der Waals surface area contributed by atoms with Crippen LogP contribution in [-0.2, 0) is 4.74 Å². The molecule has 4 nitrogen and oxygen atoms in total. The molecule has 1 amide bonds. The van der Waals surface area contributed by atoms with E-state index in [1.807, 2.05) is 26.0 Å². The number of benzene rings is 1. The zero-order valence-electron chi connectivity index (χ0n) is 12.3. The number of hydrogen-bond acceptors (Lipinski definition) is 2. The van der Waals surface area contributed by atoms with Crippen molar-refractivity contribution in [2.45, 2.75) is 20.0 Å². The fraction of sp³-hybridized carbons (Fsp3) is 0.400. The van der Waals surface area contributed by atoms with Gasteiger partial charge in [0, 0.05) is 17.4 Å². The Balaban J connectivity index is 1.92. The van der Waals surface area contributed by atoms with Gasteiger partial charge in [-0.05, 0) is 37.1 Å². The van der Waals surface area contributed by atoms with E-state index < -0.39 is 12.8 Å². The van der Waals surface area contributed by atoms with Gasteiger partial charge in [0.15, 0.2) is 0 Å². The number of aryl methyl sites for hydroxylation is 2. The van der Waals surface area contributed by atoms with Crippen molar-refractivity contribution in [1.29, 1.82) is 0 Å². The van der Waals surface area contributed by atoms with Gasteiger partial charge in [-0.3, -0.25) is 4.79 Å². The first kappa shape index (κ1) is 16.4. The Kier molecular flexibility index (Phi) is 4.75. The fourth-order valence-electron chi connectivity index (χ4n) is 2.24. The molecule has 2 rings (SSSR count). The number of carbonyl (C=O) groups is 1. The molecule has 0 aliphatic carbocycles. The van der Waals surface area contributed by atoms with E-state index in [0.717, 1.165) is 22.0 Å². The normalized spacial score (nSPS) is 11.9. The highest BCUT2D eigenvalue weighted by atomic mass is 19.4. The van der Waals surface area contributed by atoms with Crippen LogP contribution < -0.4 is 5.32 Å². The lowest BCUT2D eigenvalue weighted by atomic mass is 10.1. The zero-order chi connectivity index (χ0) is 16.3. The van der Waals surface area contributed by atoms with Gasteiger partial charge in [0.05, 0.1) is 6.61 Å². The van der Waals surface area contributed by atoms with E-state index in [2.05, 4.69) is 15.0 Å². The maximum Gasteiger partial charge on any atom is 0.411 e. The van der Waals surface area contributed by atoms with Crippen LogP contribution in [0, 0.1) is 13.8 Å². The van der Waals surface area contributed by atoms with Gasteiger partial charge in [0.2, 0.25) is 0 Å². The third kappa shape index (κ3) is 4.24. The van der Waals surface area contributed by atoms with Gasteiger partial charge in [0.25, 0.3) is 5.91 Å². The van der Waals surface area contributed by atoms with Gasteiger partial charge in [0.1, 0.15) is 12.3 Å². The molecule has 7 heteroatoms. The number of rotatable bonds is 5. The Morgan fingerprint density at radius 2 is 2.00 bits per heavy atom. The molecular weight excluding hydrogens is 297 g/mol. The molecular formula is C15H17F3N2O2. The van der Waals surface area contributed by atoms with Crippen LogP contribution in [0.4, 0.5) is 13.2 Å². The number of hydrogen-bond donors (Lipinski definition) is 2. The summed E-state index contributed by atoms with van der Waals surface area (Å²) in [5.74, 6) is -0.371. The zero-order valence-corrected chi connectivity index (χ0v) is 12.3. The highest BCUT2D eigenvalue weighted by Crippen LogP contribution is 2.21. The maximum absolute atomic E-state index is 12.0. The minimum absolute atomic E-state index is 0.0162. The average Bonchev–Trinajstić information content (AvgIpc) is 2.81. The fourth-order valence-corrected chi connectivity index (χ4v) is 2.24. The van der Waals surface area contributed by atoms with Crippen LogP contribution in [-0.4, -0.2) is 36.8 Å². The second-order valence-electron chi connectivity index (χ2n) is 5.15. The molecule has 0 aliphatic rings. The summed E-state index contributed by atoms with van der Waals surface area (Å²) in [6, 6.07) is 5.68. The van der Waals surface area contributed by atoms with Crippen LogP contribution in [0.3, 0.4) is 0 Å². The number of carbonyl (C=O) groups excluding carboxylic acids is 1. The van der Waals surface area contributed by atoms with Crippen LogP contribution >= 0.6 is 0 Å². The van der Waals surface area contributed by atoms with Crippen LogP contribution in [0.25, 0.3) is 10.9 Å². The standard InChI is InChI=1S/C15H17F3N2O2/c1-9-5-10(2)11-7-13(20-12(11)6-9)14(21)19-3-4-22-8-15(16,17)18/h5-7,20H,3-4,8H2,1-2H3,(H,19,21). The molecule has 0 saturated carbocycles. The van der Waals surface area contributed by atoms with Gasteiger partial charge in [-0.1, -0.05) is 6.07 Å². The summed E-state index contributed by atoms with van der Waals surface area (Å²) in [6.45, 7) is 2.43. The highest BCUT2D eigenvalue weighted by Gasteiger charge is 2.27. The third-order valence-corrected chi connectivity index (χ3v) is 3.13. The number of amides is 1. The predicted octanol–water partition coefficient (Wildman–Crippen LogP) is 3.09. The van der Waals surface area contributed by atoms with Crippen molar-refractivity contribution < 1.29 is 22.7 Å². The SMILES string of the molecule is Cc1cc(C)c2cc(C(=O)NCCOCC(F)(F)F)[nH]c2c1. The number of nitrogens with one attached hydrogen (secondary N) is 2. The molecule has 0 fully saturated rings. The van der Waals surface area contributed by atoms with Crippen LogP contribution in [0.15, 0.2) is 18.2 Å². The summed E-state index contributed by atoms with van der Waals surface area (Å²) in [5, 5.41) is 3.47. The summed E-state index contributed by atoms with van der Waals surface area (Å²) < 4.78 is 40.1. The smallest absolute Gasteiger partial charge is 0.370 e. The van der Waals surface area contributed by atoms with E-state index in [1.165, 1.54) is 0 Å². The van der Waals surface area contributed by atoms with Gasteiger partial charge in [-0.2, -0.15) is 13.2 Å². The Bertz CT molecular complexity index is 677. The molecule has 1 heterocycles. The lowest BCUT2D eigenvalue weighted by Gasteiger charge is -2.07. The molecule has 0 atom stereocenters. The molecule has 0 radical (unpaired) electrons. The number of fused-ring (bicyclic) bond motifs is 1. The quantitative estimate of drug-likeness (QED) is 0.833. The second-order valence-corrected chi connectivity index (χ2v) is 5.15. The monoisotopic (exact) mass is 314 g/mol. The van der Waals surface area contributed by atoms with E-state index in [-0.39, 0.29) is 19.1 Å². The lowest BCUT2D eigenvalue weighted by molar-refractivity contribution is -0.173. The first-order chi connectivity index (χ1) is 10.3. The van der Waals surface area contributed by atoms with Crippen molar-refractivity contribution in [2.24, 2.45) is 0 Å². The van der Waals surface area contributed by atoms with Crippen LogP contribution in [0.5, 0.6) is 0 Å². The second kappa shape index (κ2) is 6.39. The maximum atomic E-state index is 12.0. The van der Waals surface area contributed by atoms with Crippen molar-refractivity contribution >= 4 is 16.8 Å². The van der Waals surface area contributed by atoms with Crippen molar-refractivity contribution in [2.75, 3.05) is 19.8 Å². The number of alkyl halides is 3. The Labute approximate surface area is 125 Å². The van der Waals surface area contributed by atoms with Crippen molar-refractivity contribution in [1.82, 2.24) is 10.3 Å². The molecule has 120 valence electrons. The van der Waals surface area contributed by atoms with Gasteiger partial charge in [-0.15, -0.1) is 0 Å². The number of aromatic nitrogens is 1. The Morgan fingerprint density at radius 1 is 1.27 bits per heavy atom. The van der Waals surface area contributed by atoms with Crippen LogP contribution in [0.2, 0.25) is 0 Å². The first-order valence-corrected chi connectivity index (χ1v) is 6.79. The minimum Gasteiger partial charge on any atom is -0.370 e. The molecule has 0 aliphatic heterocycles. The van der Waals surface area contributed by atoms with Crippen molar-refractivity contribution in [3.05, 3.63) is 35.0 Å². The van der Waals surface area contributed by atoms with E-state index >= 15 is 0 Å². The summed E-state index contributed by atoms with van der Waals surface area (Å²) in [5.41, 5.74) is 3.37. The number of aromatic amines is 1. The Morgan fingerprint density at radius 3 is 2.68 bits per heavy atom. The molecule has 0 bridgehead atoms. The summed E-state index contributed by atoms with van der Waals surface area (Å²) in [7, 11) is 0. The largest absolute Gasteiger partial charge is 0.411 e. The van der Waals surface area contributed by atoms with E-state index in [9.17, 15) is 18.0 Å². The van der Waals surface area contributed by atoms with Crippen LogP contribution in [0.1, 0.15) is 21.6 Å². The summed E-state index contributed by atoms with van der Waals surface area (Å²) >= 11 is 0. The van der Waals surface area contributed by atoms with Crippen molar-refractivity contribution in [3.8, 4) is 0 Å². The Hall–Kier alpha value is -2.02. The average molecular weight is 314 g/mol. The van der Waals surface area contributed by atoms with E-state index in [0.29, 0.717) is 5.69 Å². The first-order valence-electron chi connectivity index (χ1n) is 6.79. The molecule has 2 aromatic rings. The molecule has 22 heavy (non-hydrogen) atoms. The molecule has 0 saturated heterocycles.